The van der Waals surface area contributed by atoms with E-state index >= 15 is 0 Å². The average molecular weight is 199 g/mol. The first kappa shape index (κ1) is 10.5. The van der Waals surface area contributed by atoms with Gasteiger partial charge in [0.05, 0.1) is 0 Å². The summed E-state index contributed by atoms with van der Waals surface area (Å²) in [4.78, 5) is 1.00. The van der Waals surface area contributed by atoms with Crippen molar-refractivity contribution in [1.82, 2.24) is 0 Å². The van der Waals surface area contributed by atoms with E-state index in [9.17, 15) is 4.39 Å². The lowest BCUT2D eigenvalue weighted by molar-refractivity contribution is 0.323. The predicted molar refractivity (Wildman–Crippen MR) is 55.7 cm³/mol. The van der Waals surface area contributed by atoms with Crippen molar-refractivity contribution in [2.24, 2.45) is 5.73 Å². The van der Waals surface area contributed by atoms with Gasteiger partial charge in [0.15, 0.2) is 0 Å². The second kappa shape index (κ2) is 5.25. The lowest BCUT2D eigenvalue weighted by atomic mass is 10.1. The molecule has 72 valence electrons. The van der Waals surface area contributed by atoms with Crippen molar-refractivity contribution in [1.29, 1.82) is 0 Å². The van der Waals surface area contributed by atoms with Crippen molar-refractivity contribution >= 4 is 11.8 Å². The Hall–Kier alpha value is -0.540. The Morgan fingerprint density at radius 3 is 2.77 bits per heavy atom. The van der Waals surface area contributed by atoms with E-state index in [4.69, 9.17) is 5.73 Å². The van der Waals surface area contributed by atoms with Crippen molar-refractivity contribution in [2.45, 2.75) is 17.5 Å². The molecule has 0 amide bonds. The molecule has 0 aliphatic carbocycles. The van der Waals surface area contributed by atoms with Crippen molar-refractivity contribution in [3.05, 3.63) is 29.8 Å². The maximum atomic E-state index is 13.5. The maximum Gasteiger partial charge on any atom is 0.127 e. The standard InChI is InChI=1S/C10H14FNS/c1-13-10-5-3-2-4-8(10)9(11)6-7-12/h2-5,9H,6-7,12H2,1H3. The molecule has 1 unspecified atom stereocenters. The molecule has 0 saturated carbocycles. The molecule has 1 nitrogen and oxygen atoms in total. The number of thioether (sulfide) groups is 1. The van der Waals surface area contributed by atoms with Gasteiger partial charge in [-0.1, -0.05) is 18.2 Å². The normalized spacial score (nSPS) is 12.8. The summed E-state index contributed by atoms with van der Waals surface area (Å²) in [6, 6.07) is 7.54. The van der Waals surface area contributed by atoms with E-state index in [1.54, 1.807) is 11.8 Å². The fraction of sp³-hybridized carbons (Fsp3) is 0.400. The van der Waals surface area contributed by atoms with Crippen molar-refractivity contribution in [3.63, 3.8) is 0 Å². The fourth-order valence-corrected chi connectivity index (χ4v) is 1.87. The molecule has 1 aromatic carbocycles. The van der Waals surface area contributed by atoms with Crippen LogP contribution in [0.1, 0.15) is 18.2 Å². The first-order chi connectivity index (χ1) is 6.29. The van der Waals surface area contributed by atoms with Gasteiger partial charge in [-0.15, -0.1) is 11.8 Å². The van der Waals surface area contributed by atoms with Gasteiger partial charge in [-0.2, -0.15) is 0 Å². The average Bonchev–Trinajstić information content (AvgIpc) is 2.18. The van der Waals surface area contributed by atoms with Crippen LogP contribution in [0.15, 0.2) is 29.2 Å². The van der Waals surface area contributed by atoms with Crippen LogP contribution in [-0.4, -0.2) is 12.8 Å². The Kier molecular flexibility index (Phi) is 4.25. The van der Waals surface area contributed by atoms with Gasteiger partial charge in [-0.3, -0.25) is 0 Å². The van der Waals surface area contributed by atoms with Gasteiger partial charge in [-0.05, 0) is 30.9 Å². The zero-order valence-corrected chi connectivity index (χ0v) is 8.48. The zero-order chi connectivity index (χ0) is 9.68. The predicted octanol–water partition coefficient (Wildman–Crippen LogP) is 2.77. The molecule has 0 saturated heterocycles. The van der Waals surface area contributed by atoms with Crippen LogP contribution in [0, 0.1) is 0 Å². The third kappa shape index (κ3) is 2.71. The lowest BCUT2D eigenvalue weighted by Crippen LogP contribution is -2.04. The number of rotatable bonds is 4. The molecule has 13 heavy (non-hydrogen) atoms. The van der Waals surface area contributed by atoms with Gasteiger partial charge in [-0.25, -0.2) is 4.39 Å². The SMILES string of the molecule is CSc1ccccc1C(F)CCN. The van der Waals surface area contributed by atoms with E-state index in [1.807, 2.05) is 30.5 Å². The quantitative estimate of drug-likeness (QED) is 0.755. The van der Waals surface area contributed by atoms with Gasteiger partial charge in [0.25, 0.3) is 0 Å². The van der Waals surface area contributed by atoms with E-state index in [0.717, 1.165) is 10.5 Å². The summed E-state index contributed by atoms with van der Waals surface area (Å²) in [5.74, 6) is 0. The Labute approximate surface area is 82.5 Å². The molecular weight excluding hydrogens is 185 g/mol. The highest BCUT2D eigenvalue weighted by atomic mass is 32.2. The van der Waals surface area contributed by atoms with E-state index in [2.05, 4.69) is 0 Å². The summed E-state index contributed by atoms with van der Waals surface area (Å²) < 4.78 is 13.5. The fourth-order valence-electron chi connectivity index (χ4n) is 1.23. The highest BCUT2D eigenvalue weighted by Crippen LogP contribution is 2.29. The summed E-state index contributed by atoms with van der Waals surface area (Å²) >= 11 is 1.57. The van der Waals surface area contributed by atoms with Crippen LogP contribution in [0.4, 0.5) is 4.39 Å². The van der Waals surface area contributed by atoms with Gasteiger partial charge in [0.1, 0.15) is 6.17 Å². The summed E-state index contributed by atoms with van der Waals surface area (Å²) in [5.41, 5.74) is 6.08. The third-order valence-electron chi connectivity index (χ3n) is 1.90. The van der Waals surface area contributed by atoms with E-state index < -0.39 is 6.17 Å². The number of nitrogens with two attached hydrogens (primary N) is 1. The minimum Gasteiger partial charge on any atom is -0.330 e. The topological polar surface area (TPSA) is 26.0 Å². The first-order valence-corrected chi connectivity index (χ1v) is 5.49. The second-order valence-electron chi connectivity index (χ2n) is 2.79. The molecule has 1 atom stereocenters. The number of benzene rings is 1. The van der Waals surface area contributed by atoms with Crippen LogP contribution in [-0.2, 0) is 0 Å². The van der Waals surface area contributed by atoms with Crippen molar-refractivity contribution in [3.8, 4) is 0 Å². The minimum absolute atomic E-state index is 0.393. The van der Waals surface area contributed by atoms with Crippen LogP contribution in [0.25, 0.3) is 0 Å². The molecule has 0 heterocycles. The van der Waals surface area contributed by atoms with E-state index in [1.165, 1.54) is 0 Å². The van der Waals surface area contributed by atoms with Gasteiger partial charge >= 0.3 is 0 Å². The molecular formula is C10H14FNS. The van der Waals surface area contributed by atoms with Crippen LogP contribution >= 0.6 is 11.8 Å². The Morgan fingerprint density at radius 2 is 2.15 bits per heavy atom. The lowest BCUT2D eigenvalue weighted by Gasteiger charge is -2.10. The molecule has 0 spiro atoms. The van der Waals surface area contributed by atoms with E-state index in [0.29, 0.717) is 13.0 Å². The molecule has 0 radical (unpaired) electrons. The molecule has 0 aliphatic rings. The van der Waals surface area contributed by atoms with E-state index in [-0.39, 0.29) is 0 Å². The summed E-state index contributed by atoms with van der Waals surface area (Å²) in [5, 5.41) is 0. The van der Waals surface area contributed by atoms with Crippen LogP contribution in [0.5, 0.6) is 0 Å². The van der Waals surface area contributed by atoms with Crippen molar-refractivity contribution in [2.75, 3.05) is 12.8 Å². The van der Waals surface area contributed by atoms with Crippen LogP contribution in [0.3, 0.4) is 0 Å². The summed E-state index contributed by atoms with van der Waals surface area (Å²) in [6.07, 6.45) is 1.43. The number of halogens is 1. The Balaban J connectivity index is 2.85. The second-order valence-corrected chi connectivity index (χ2v) is 3.63. The molecule has 0 aliphatic heterocycles. The maximum absolute atomic E-state index is 13.5. The zero-order valence-electron chi connectivity index (χ0n) is 7.66. The number of hydrogen-bond donors (Lipinski definition) is 1. The highest BCUT2D eigenvalue weighted by Gasteiger charge is 2.11. The summed E-state index contributed by atoms with van der Waals surface area (Å²) in [6.45, 7) is 0.393. The molecule has 1 rings (SSSR count). The van der Waals surface area contributed by atoms with Gasteiger partial charge < -0.3 is 5.73 Å². The van der Waals surface area contributed by atoms with Crippen LogP contribution in [0.2, 0.25) is 0 Å². The molecule has 2 N–H and O–H groups in total. The highest BCUT2D eigenvalue weighted by molar-refractivity contribution is 7.98. The number of hydrogen-bond acceptors (Lipinski definition) is 2. The van der Waals surface area contributed by atoms with Crippen LogP contribution < -0.4 is 5.73 Å². The van der Waals surface area contributed by atoms with Crippen molar-refractivity contribution < 1.29 is 4.39 Å². The monoisotopic (exact) mass is 199 g/mol. The smallest absolute Gasteiger partial charge is 0.127 e. The van der Waals surface area contributed by atoms with Gasteiger partial charge in [0, 0.05) is 4.90 Å². The molecule has 0 aromatic heterocycles. The number of alkyl halides is 1. The minimum atomic E-state index is -0.923. The molecule has 1 aromatic rings. The summed E-state index contributed by atoms with van der Waals surface area (Å²) in [7, 11) is 0. The Bertz CT molecular complexity index is 265. The molecule has 3 heteroatoms. The van der Waals surface area contributed by atoms with Gasteiger partial charge in [0.2, 0.25) is 0 Å². The first-order valence-electron chi connectivity index (χ1n) is 4.26. The third-order valence-corrected chi connectivity index (χ3v) is 2.71. The molecule has 0 fully saturated rings. The largest absolute Gasteiger partial charge is 0.330 e. The Morgan fingerprint density at radius 1 is 1.46 bits per heavy atom. The molecule has 0 bridgehead atoms.